The minimum Gasteiger partial charge on any atom is -0.338 e. The fourth-order valence-corrected chi connectivity index (χ4v) is 2.44. The van der Waals surface area contributed by atoms with Gasteiger partial charge < -0.3 is 9.80 Å². The highest BCUT2D eigenvalue weighted by Gasteiger charge is 2.27. The molecular weight excluding hydrogens is 297 g/mol. The summed E-state index contributed by atoms with van der Waals surface area (Å²) in [5.41, 5.74) is -0.143. The van der Waals surface area contributed by atoms with E-state index in [1.807, 2.05) is 0 Å². The van der Waals surface area contributed by atoms with Gasteiger partial charge in [0.2, 0.25) is 5.91 Å². The first kappa shape index (κ1) is 15.3. The number of nitriles is 1. The number of halogens is 2. The van der Waals surface area contributed by atoms with Crippen LogP contribution in [0.25, 0.3) is 0 Å². The quantitative estimate of drug-likeness (QED) is 0.835. The van der Waals surface area contributed by atoms with E-state index in [0.717, 1.165) is 0 Å². The van der Waals surface area contributed by atoms with E-state index >= 15 is 0 Å². The maximum absolute atomic E-state index is 13.7. The number of amides is 2. The van der Waals surface area contributed by atoms with Gasteiger partial charge in [0.1, 0.15) is 12.2 Å². The molecule has 1 aromatic rings. The zero-order valence-corrected chi connectivity index (χ0v) is 11.9. The van der Waals surface area contributed by atoms with Gasteiger partial charge in [-0.15, -0.1) is 0 Å². The molecule has 5 nitrogen and oxygen atoms in total. The molecule has 1 aliphatic rings. The van der Waals surface area contributed by atoms with Crippen LogP contribution in [0.1, 0.15) is 16.8 Å². The molecule has 21 heavy (non-hydrogen) atoms. The Morgan fingerprint density at radius 3 is 2.43 bits per heavy atom. The van der Waals surface area contributed by atoms with E-state index < -0.39 is 11.7 Å². The lowest BCUT2D eigenvalue weighted by atomic mass is 10.1. The van der Waals surface area contributed by atoms with Crippen molar-refractivity contribution in [2.24, 2.45) is 0 Å². The third-order valence-electron chi connectivity index (χ3n) is 3.33. The van der Waals surface area contributed by atoms with E-state index in [0.29, 0.717) is 26.2 Å². The van der Waals surface area contributed by atoms with Gasteiger partial charge in [0.15, 0.2) is 0 Å². The van der Waals surface area contributed by atoms with Crippen molar-refractivity contribution in [1.29, 1.82) is 5.26 Å². The minimum absolute atomic E-state index is 0.0722. The molecule has 1 heterocycles. The maximum atomic E-state index is 13.7. The molecule has 1 aliphatic heterocycles. The molecule has 0 saturated carbocycles. The second-order valence-corrected chi connectivity index (χ2v) is 5.01. The van der Waals surface area contributed by atoms with E-state index in [-0.39, 0.29) is 22.9 Å². The van der Waals surface area contributed by atoms with Crippen LogP contribution in [0.3, 0.4) is 0 Å². The van der Waals surface area contributed by atoms with Crippen LogP contribution in [0.5, 0.6) is 0 Å². The fourth-order valence-electron chi connectivity index (χ4n) is 2.20. The third-order valence-corrected chi connectivity index (χ3v) is 3.64. The van der Waals surface area contributed by atoms with Gasteiger partial charge >= 0.3 is 0 Å². The van der Waals surface area contributed by atoms with Gasteiger partial charge in [0.25, 0.3) is 5.91 Å². The summed E-state index contributed by atoms with van der Waals surface area (Å²) in [5.74, 6) is -1.39. The Labute approximate surface area is 126 Å². The molecule has 0 spiro atoms. The van der Waals surface area contributed by atoms with Crippen molar-refractivity contribution >= 4 is 23.4 Å². The second kappa shape index (κ2) is 6.55. The number of hydrogen-bond donors (Lipinski definition) is 0. The van der Waals surface area contributed by atoms with Gasteiger partial charge in [0.05, 0.1) is 16.7 Å². The van der Waals surface area contributed by atoms with E-state index in [2.05, 4.69) is 0 Å². The summed E-state index contributed by atoms with van der Waals surface area (Å²) in [7, 11) is 0. The molecule has 1 aromatic carbocycles. The van der Waals surface area contributed by atoms with Crippen molar-refractivity contribution < 1.29 is 14.0 Å². The normalized spacial score (nSPS) is 14.7. The summed E-state index contributed by atoms with van der Waals surface area (Å²) >= 11 is 5.88. The molecule has 1 saturated heterocycles. The highest BCUT2D eigenvalue weighted by molar-refractivity contribution is 6.33. The summed E-state index contributed by atoms with van der Waals surface area (Å²) in [5, 5.41) is 8.57. The predicted molar refractivity (Wildman–Crippen MR) is 74.1 cm³/mol. The first-order valence-electron chi connectivity index (χ1n) is 6.42. The molecule has 7 heteroatoms. The predicted octanol–water partition coefficient (Wildman–Crippen LogP) is 1.68. The van der Waals surface area contributed by atoms with Gasteiger partial charge in [-0.3, -0.25) is 9.59 Å². The Bertz CT molecular complexity index is 586. The summed E-state index contributed by atoms with van der Waals surface area (Å²) in [6.07, 6.45) is -0.174. The lowest BCUT2D eigenvalue weighted by molar-refractivity contribution is -0.131. The van der Waals surface area contributed by atoms with Gasteiger partial charge in [-0.2, -0.15) is 5.26 Å². The molecule has 0 atom stereocenters. The van der Waals surface area contributed by atoms with Crippen molar-refractivity contribution in [2.75, 3.05) is 26.2 Å². The molecule has 110 valence electrons. The Hall–Kier alpha value is -2.13. The molecule has 0 aromatic heterocycles. The van der Waals surface area contributed by atoms with Gasteiger partial charge in [-0.25, -0.2) is 4.39 Å². The summed E-state index contributed by atoms with van der Waals surface area (Å²) in [6, 6.07) is 5.89. The Balaban J connectivity index is 2.04. The molecule has 2 amide bonds. The highest BCUT2D eigenvalue weighted by Crippen LogP contribution is 2.21. The number of benzene rings is 1. The second-order valence-electron chi connectivity index (χ2n) is 4.60. The van der Waals surface area contributed by atoms with E-state index in [1.165, 1.54) is 28.0 Å². The smallest absolute Gasteiger partial charge is 0.258 e. The average molecular weight is 310 g/mol. The van der Waals surface area contributed by atoms with Crippen molar-refractivity contribution in [3.63, 3.8) is 0 Å². The van der Waals surface area contributed by atoms with Gasteiger partial charge in [-0.1, -0.05) is 17.7 Å². The van der Waals surface area contributed by atoms with E-state index in [1.54, 1.807) is 6.07 Å². The van der Waals surface area contributed by atoms with Crippen LogP contribution in [0.15, 0.2) is 18.2 Å². The van der Waals surface area contributed by atoms with Crippen LogP contribution < -0.4 is 0 Å². The monoisotopic (exact) mass is 309 g/mol. The van der Waals surface area contributed by atoms with Crippen LogP contribution in [0.4, 0.5) is 4.39 Å². The molecule has 1 fully saturated rings. The van der Waals surface area contributed by atoms with Crippen LogP contribution in [-0.2, 0) is 4.79 Å². The van der Waals surface area contributed by atoms with Crippen LogP contribution in [0, 0.1) is 17.1 Å². The number of hydrogen-bond acceptors (Lipinski definition) is 3. The Morgan fingerprint density at radius 1 is 1.24 bits per heavy atom. The molecule has 2 rings (SSSR count). The van der Waals surface area contributed by atoms with Crippen molar-refractivity contribution in [1.82, 2.24) is 9.80 Å². The SMILES string of the molecule is N#CCC(=O)N1CCN(C(=O)c2c(F)cccc2Cl)CC1. The highest BCUT2D eigenvalue weighted by atomic mass is 35.5. The Kier molecular flexibility index (Phi) is 4.76. The van der Waals surface area contributed by atoms with Crippen LogP contribution >= 0.6 is 11.6 Å². The van der Waals surface area contributed by atoms with Crippen molar-refractivity contribution in [3.8, 4) is 6.07 Å². The largest absolute Gasteiger partial charge is 0.338 e. The van der Waals surface area contributed by atoms with Crippen LogP contribution in [-0.4, -0.2) is 47.8 Å². The van der Waals surface area contributed by atoms with Crippen LogP contribution in [0.2, 0.25) is 5.02 Å². The zero-order valence-electron chi connectivity index (χ0n) is 11.2. The topological polar surface area (TPSA) is 64.4 Å². The van der Waals surface area contributed by atoms with Gasteiger partial charge in [-0.05, 0) is 12.1 Å². The first-order valence-corrected chi connectivity index (χ1v) is 6.80. The summed E-state index contributed by atoms with van der Waals surface area (Å²) < 4.78 is 13.7. The third kappa shape index (κ3) is 3.31. The lowest BCUT2D eigenvalue weighted by Crippen LogP contribution is -2.50. The molecule has 0 radical (unpaired) electrons. The first-order chi connectivity index (χ1) is 10.0. The van der Waals surface area contributed by atoms with Crippen molar-refractivity contribution in [3.05, 3.63) is 34.6 Å². The lowest BCUT2D eigenvalue weighted by Gasteiger charge is -2.34. The number of carbonyl (C=O) groups is 2. The molecule has 0 unspecified atom stereocenters. The van der Waals surface area contributed by atoms with E-state index in [4.69, 9.17) is 16.9 Å². The molecule has 0 bridgehead atoms. The molecular formula is C14H13ClFN3O2. The minimum atomic E-state index is -0.657. The number of carbonyl (C=O) groups excluding carboxylic acids is 2. The van der Waals surface area contributed by atoms with Gasteiger partial charge in [0, 0.05) is 26.2 Å². The standard InChI is InChI=1S/C14H13ClFN3O2/c15-10-2-1-3-11(16)13(10)14(21)19-8-6-18(7-9-19)12(20)4-5-17/h1-3H,4,6-9H2. The van der Waals surface area contributed by atoms with E-state index in [9.17, 15) is 14.0 Å². The van der Waals surface area contributed by atoms with Crippen molar-refractivity contribution in [2.45, 2.75) is 6.42 Å². The zero-order chi connectivity index (χ0) is 15.4. The summed E-state index contributed by atoms with van der Waals surface area (Å²) in [4.78, 5) is 26.8. The fraction of sp³-hybridized carbons (Fsp3) is 0.357. The molecule has 0 aliphatic carbocycles. The summed E-state index contributed by atoms with van der Waals surface area (Å²) in [6.45, 7) is 1.25. The molecule has 0 N–H and O–H groups in total. The Morgan fingerprint density at radius 2 is 1.86 bits per heavy atom. The average Bonchev–Trinajstić information content (AvgIpc) is 2.47. The number of piperazine rings is 1. The number of nitrogens with zero attached hydrogens (tertiary/aromatic N) is 3. The maximum Gasteiger partial charge on any atom is 0.258 e. The number of rotatable bonds is 2.